The number of unbranched alkanes of at least 4 members (excludes halogenated alkanes) is 2. The summed E-state index contributed by atoms with van der Waals surface area (Å²) < 4.78 is 4.99. The van der Waals surface area contributed by atoms with Gasteiger partial charge in [-0.05, 0) is 40.2 Å². The molecule has 0 radical (unpaired) electrons. The summed E-state index contributed by atoms with van der Waals surface area (Å²) in [4.78, 5) is 11.9. The molecule has 0 aliphatic carbocycles. The molecule has 5 atom stereocenters. The summed E-state index contributed by atoms with van der Waals surface area (Å²) in [6, 6.07) is -1.11. The lowest BCUT2D eigenvalue weighted by molar-refractivity contribution is -0.253. The fourth-order valence-corrected chi connectivity index (χ4v) is 2.56. The van der Waals surface area contributed by atoms with Crippen LogP contribution >= 0.6 is 0 Å². The molecule has 1 aliphatic rings. The maximum atomic E-state index is 11.9. The number of aliphatic hydroxyl groups excluding tert-OH is 4. The van der Waals surface area contributed by atoms with Gasteiger partial charge in [-0.2, -0.15) is 0 Å². The summed E-state index contributed by atoms with van der Waals surface area (Å²) in [6.45, 7) is 6.64. The number of carbonyl (C=O) groups is 1. The van der Waals surface area contributed by atoms with Crippen molar-refractivity contribution in [1.82, 2.24) is 10.6 Å². The molecule has 24 heavy (non-hydrogen) atoms. The molecule has 142 valence electrons. The van der Waals surface area contributed by atoms with Gasteiger partial charge < -0.3 is 35.8 Å². The van der Waals surface area contributed by atoms with E-state index in [0.717, 1.165) is 19.4 Å². The van der Waals surface area contributed by atoms with Crippen LogP contribution in [0.5, 0.6) is 0 Å². The van der Waals surface area contributed by atoms with Gasteiger partial charge in [-0.3, -0.25) is 4.79 Å². The van der Waals surface area contributed by atoms with Crippen molar-refractivity contribution in [3.05, 3.63) is 0 Å². The normalized spacial score (nSPS) is 31.0. The van der Waals surface area contributed by atoms with Crippen molar-refractivity contribution in [1.29, 1.82) is 0 Å². The van der Waals surface area contributed by atoms with E-state index >= 15 is 0 Å². The van der Waals surface area contributed by atoms with Gasteiger partial charge in [0.25, 0.3) is 0 Å². The highest BCUT2D eigenvalue weighted by Gasteiger charge is 2.44. The number of hydrogen-bond donors (Lipinski definition) is 6. The van der Waals surface area contributed by atoms with E-state index in [4.69, 9.17) is 9.84 Å². The topological polar surface area (TPSA) is 131 Å². The van der Waals surface area contributed by atoms with Crippen molar-refractivity contribution in [3.8, 4) is 0 Å². The number of carbonyl (C=O) groups excluding carboxylic acids is 1. The van der Waals surface area contributed by atoms with E-state index in [0.29, 0.717) is 6.42 Å². The van der Waals surface area contributed by atoms with Crippen LogP contribution in [0.1, 0.15) is 46.5 Å². The van der Waals surface area contributed by atoms with Crippen molar-refractivity contribution in [3.63, 3.8) is 0 Å². The van der Waals surface area contributed by atoms with Gasteiger partial charge in [-0.15, -0.1) is 0 Å². The second kappa shape index (κ2) is 9.65. The average Bonchev–Trinajstić information content (AvgIpc) is 2.49. The predicted octanol–water partition coefficient (Wildman–Crippen LogP) is -1.15. The molecule has 0 aromatic carbocycles. The number of rotatable bonds is 8. The van der Waals surface area contributed by atoms with Crippen LogP contribution in [-0.4, -0.2) is 75.7 Å². The standard InChI is InChI=1S/C16H32N2O6/c1-16(2,3)17-8-6-4-5-7-11(20)18-12-14(22)13(21)10(9-19)24-15(12)23/h10,12-15,17,19,21-23H,4-9H2,1-3H3,(H,18,20)/t10-,12-,13-,14-,15+/m0/s1. The lowest BCUT2D eigenvalue weighted by Gasteiger charge is -2.40. The van der Waals surface area contributed by atoms with Crippen molar-refractivity contribution in [2.75, 3.05) is 13.2 Å². The van der Waals surface area contributed by atoms with Crippen molar-refractivity contribution >= 4 is 5.91 Å². The molecule has 1 heterocycles. The van der Waals surface area contributed by atoms with Crippen LogP contribution in [0.3, 0.4) is 0 Å². The molecule has 8 nitrogen and oxygen atoms in total. The van der Waals surface area contributed by atoms with Crippen molar-refractivity contribution in [2.45, 2.75) is 82.6 Å². The number of ether oxygens (including phenoxy) is 1. The Balaban J connectivity index is 2.27. The van der Waals surface area contributed by atoms with E-state index in [1.54, 1.807) is 0 Å². The lowest BCUT2D eigenvalue weighted by atomic mass is 9.97. The molecule has 8 heteroatoms. The molecular weight excluding hydrogens is 316 g/mol. The Bertz CT molecular complexity index is 387. The van der Waals surface area contributed by atoms with Crippen LogP contribution in [0.4, 0.5) is 0 Å². The van der Waals surface area contributed by atoms with Crippen LogP contribution in [-0.2, 0) is 9.53 Å². The number of nitrogens with one attached hydrogen (secondary N) is 2. The minimum atomic E-state index is -1.47. The molecule has 0 unspecified atom stereocenters. The molecule has 0 bridgehead atoms. The van der Waals surface area contributed by atoms with Gasteiger partial charge in [0.15, 0.2) is 6.29 Å². The zero-order chi connectivity index (χ0) is 18.3. The Morgan fingerprint density at radius 3 is 2.33 bits per heavy atom. The van der Waals surface area contributed by atoms with Gasteiger partial charge in [0.05, 0.1) is 6.61 Å². The molecule has 6 N–H and O–H groups in total. The minimum Gasteiger partial charge on any atom is -0.394 e. The highest BCUT2D eigenvalue weighted by Crippen LogP contribution is 2.19. The Morgan fingerprint density at radius 2 is 1.75 bits per heavy atom. The Morgan fingerprint density at radius 1 is 1.08 bits per heavy atom. The zero-order valence-corrected chi connectivity index (χ0v) is 14.7. The van der Waals surface area contributed by atoms with Gasteiger partial charge in [0.2, 0.25) is 5.91 Å². The van der Waals surface area contributed by atoms with Crippen molar-refractivity contribution in [2.24, 2.45) is 0 Å². The molecule has 1 rings (SSSR count). The first-order chi connectivity index (χ1) is 11.2. The smallest absolute Gasteiger partial charge is 0.220 e. The molecule has 1 fully saturated rings. The number of aliphatic hydroxyl groups is 4. The van der Waals surface area contributed by atoms with Gasteiger partial charge in [-0.25, -0.2) is 0 Å². The first-order valence-electron chi connectivity index (χ1n) is 8.50. The van der Waals surface area contributed by atoms with E-state index in [1.165, 1.54) is 0 Å². The molecule has 0 spiro atoms. The largest absolute Gasteiger partial charge is 0.394 e. The van der Waals surface area contributed by atoms with Crippen molar-refractivity contribution < 1.29 is 30.0 Å². The fraction of sp³-hybridized carbons (Fsp3) is 0.938. The van der Waals surface area contributed by atoms with Crippen LogP contribution in [0.15, 0.2) is 0 Å². The third kappa shape index (κ3) is 7.00. The summed E-state index contributed by atoms with van der Waals surface area (Å²) in [5.41, 5.74) is 0.0812. The van der Waals surface area contributed by atoms with Crippen LogP contribution < -0.4 is 10.6 Å². The van der Waals surface area contributed by atoms with E-state index in [1.807, 2.05) is 0 Å². The lowest BCUT2D eigenvalue weighted by Crippen LogP contribution is -2.64. The molecular formula is C16H32N2O6. The molecule has 0 saturated carbocycles. The average molecular weight is 348 g/mol. The van der Waals surface area contributed by atoms with E-state index in [9.17, 15) is 20.1 Å². The molecule has 1 aliphatic heterocycles. The fourth-order valence-electron chi connectivity index (χ4n) is 2.56. The summed E-state index contributed by atoms with van der Waals surface area (Å²) >= 11 is 0. The third-order valence-electron chi connectivity index (χ3n) is 3.96. The highest BCUT2D eigenvalue weighted by molar-refractivity contribution is 5.76. The molecule has 0 aromatic heterocycles. The minimum absolute atomic E-state index is 0.0812. The summed E-state index contributed by atoms with van der Waals surface area (Å²) in [5.74, 6) is -0.319. The van der Waals surface area contributed by atoms with E-state index < -0.39 is 37.3 Å². The van der Waals surface area contributed by atoms with Gasteiger partial charge >= 0.3 is 0 Å². The third-order valence-corrected chi connectivity index (χ3v) is 3.96. The maximum Gasteiger partial charge on any atom is 0.220 e. The molecule has 1 saturated heterocycles. The Labute approximate surface area is 143 Å². The highest BCUT2D eigenvalue weighted by atomic mass is 16.6. The van der Waals surface area contributed by atoms with Gasteiger partial charge in [0, 0.05) is 12.0 Å². The quantitative estimate of drug-likeness (QED) is 0.305. The SMILES string of the molecule is CC(C)(C)NCCCCCC(=O)N[C@H]1[C@H](O)[C@@H](O)[C@H](CO)O[C@H]1O. The zero-order valence-electron chi connectivity index (χ0n) is 14.7. The summed E-state index contributed by atoms with van der Waals surface area (Å²) in [7, 11) is 0. The maximum absolute atomic E-state index is 11.9. The van der Waals surface area contributed by atoms with E-state index in [-0.39, 0.29) is 17.9 Å². The van der Waals surface area contributed by atoms with Crippen LogP contribution in [0, 0.1) is 0 Å². The van der Waals surface area contributed by atoms with Gasteiger partial charge in [0.1, 0.15) is 24.4 Å². The molecule has 0 aromatic rings. The summed E-state index contributed by atoms with van der Waals surface area (Å²) in [5, 5.41) is 44.4. The van der Waals surface area contributed by atoms with Crippen LogP contribution in [0.25, 0.3) is 0 Å². The summed E-state index contributed by atoms with van der Waals surface area (Å²) in [6.07, 6.45) is -2.50. The first kappa shape index (κ1) is 21.3. The van der Waals surface area contributed by atoms with Gasteiger partial charge in [-0.1, -0.05) is 6.42 Å². The van der Waals surface area contributed by atoms with Crippen LogP contribution in [0.2, 0.25) is 0 Å². The second-order valence-corrected chi connectivity index (χ2v) is 7.31. The van der Waals surface area contributed by atoms with E-state index in [2.05, 4.69) is 31.4 Å². The second-order valence-electron chi connectivity index (χ2n) is 7.31. The number of hydrogen-bond acceptors (Lipinski definition) is 7. The molecule has 1 amide bonds. The number of amides is 1. The Kier molecular flexibility index (Phi) is 8.55. The Hall–Kier alpha value is -0.770. The predicted molar refractivity (Wildman–Crippen MR) is 88.1 cm³/mol. The first-order valence-corrected chi connectivity index (χ1v) is 8.50. The monoisotopic (exact) mass is 348 g/mol.